The normalized spacial score (nSPS) is 23.2. The summed E-state index contributed by atoms with van der Waals surface area (Å²) in [6, 6.07) is 22.0. The zero-order valence-electron chi connectivity index (χ0n) is 16.2. The number of hydroxylamine groups is 1. The molecule has 2 amide bonds. The number of carbonyl (C=O) groups is 2. The predicted octanol–water partition coefficient (Wildman–Crippen LogP) is 4.19. The number of hydrogen-bond acceptors (Lipinski definition) is 4. The standard InChI is InChI=1S/C24H19FN2O3/c1-15-7-5-6-10-19(15)26-23(28)20-21(16-11-13-17(25)14-12-16)27(30-22(20)24(26)29)18-8-3-2-4-9-18/h2-14,20-22H,1H3/t20-,21+,22-/m1/s1. The van der Waals surface area contributed by atoms with Gasteiger partial charge in [0.05, 0.1) is 17.4 Å². The first-order valence-electron chi connectivity index (χ1n) is 9.76. The Balaban J connectivity index is 1.60. The molecule has 0 bridgehead atoms. The van der Waals surface area contributed by atoms with Crippen molar-refractivity contribution >= 4 is 23.2 Å². The van der Waals surface area contributed by atoms with Crippen LogP contribution in [0.3, 0.4) is 0 Å². The maximum absolute atomic E-state index is 13.6. The van der Waals surface area contributed by atoms with Crippen molar-refractivity contribution in [2.75, 3.05) is 9.96 Å². The fourth-order valence-corrected chi connectivity index (χ4v) is 4.26. The van der Waals surface area contributed by atoms with Crippen LogP contribution in [0.15, 0.2) is 78.9 Å². The second-order valence-electron chi connectivity index (χ2n) is 7.51. The minimum atomic E-state index is -0.938. The molecule has 5 nitrogen and oxygen atoms in total. The van der Waals surface area contributed by atoms with Gasteiger partial charge in [0.25, 0.3) is 5.91 Å². The number of amides is 2. The largest absolute Gasteiger partial charge is 0.273 e. The van der Waals surface area contributed by atoms with Crippen LogP contribution in [-0.4, -0.2) is 17.9 Å². The molecule has 2 saturated heterocycles. The quantitative estimate of drug-likeness (QED) is 0.617. The summed E-state index contributed by atoms with van der Waals surface area (Å²) in [6.45, 7) is 1.86. The van der Waals surface area contributed by atoms with Crippen LogP contribution in [0.25, 0.3) is 0 Å². The third kappa shape index (κ3) is 2.80. The molecule has 0 aromatic heterocycles. The van der Waals surface area contributed by atoms with Crippen molar-refractivity contribution in [2.45, 2.75) is 19.1 Å². The van der Waals surface area contributed by atoms with Crippen molar-refractivity contribution in [1.82, 2.24) is 0 Å². The first-order valence-corrected chi connectivity index (χ1v) is 9.76. The van der Waals surface area contributed by atoms with Gasteiger partial charge in [0.15, 0.2) is 6.10 Å². The number of anilines is 2. The number of nitrogens with zero attached hydrogens (tertiary/aromatic N) is 2. The van der Waals surface area contributed by atoms with Crippen LogP contribution in [0.5, 0.6) is 0 Å². The Hall–Kier alpha value is -3.51. The van der Waals surface area contributed by atoms with Crippen molar-refractivity contribution in [2.24, 2.45) is 5.92 Å². The molecule has 0 saturated carbocycles. The highest BCUT2D eigenvalue weighted by Gasteiger charge is 2.60. The molecule has 150 valence electrons. The van der Waals surface area contributed by atoms with Gasteiger partial charge in [-0.3, -0.25) is 14.4 Å². The van der Waals surface area contributed by atoms with Crippen molar-refractivity contribution in [3.63, 3.8) is 0 Å². The number of fused-ring (bicyclic) bond motifs is 1. The van der Waals surface area contributed by atoms with Crippen LogP contribution in [0.2, 0.25) is 0 Å². The molecule has 6 heteroatoms. The van der Waals surface area contributed by atoms with Crippen LogP contribution in [0, 0.1) is 18.7 Å². The van der Waals surface area contributed by atoms with E-state index in [1.165, 1.54) is 17.0 Å². The number of carbonyl (C=O) groups excluding carboxylic acids is 2. The Morgan fingerprint density at radius 1 is 0.833 bits per heavy atom. The highest BCUT2D eigenvalue weighted by molar-refractivity contribution is 6.24. The molecule has 3 aromatic carbocycles. The molecule has 0 radical (unpaired) electrons. The lowest BCUT2D eigenvalue weighted by molar-refractivity contribution is -0.126. The summed E-state index contributed by atoms with van der Waals surface area (Å²) >= 11 is 0. The van der Waals surface area contributed by atoms with Gasteiger partial charge in [-0.15, -0.1) is 0 Å². The van der Waals surface area contributed by atoms with E-state index in [-0.39, 0.29) is 17.6 Å². The number of rotatable bonds is 3. The molecule has 2 fully saturated rings. The zero-order valence-corrected chi connectivity index (χ0v) is 16.2. The first-order chi connectivity index (χ1) is 14.6. The van der Waals surface area contributed by atoms with E-state index in [1.54, 1.807) is 29.3 Å². The van der Waals surface area contributed by atoms with Gasteiger partial charge in [0.2, 0.25) is 5.91 Å². The summed E-state index contributed by atoms with van der Waals surface area (Å²) in [5.74, 6) is -1.80. The summed E-state index contributed by atoms with van der Waals surface area (Å²) in [7, 11) is 0. The van der Waals surface area contributed by atoms with Gasteiger partial charge in [0, 0.05) is 0 Å². The van der Waals surface area contributed by atoms with Gasteiger partial charge in [-0.2, -0.15) is 0 Å². The van der Waals surface area contributed by atoms with Crippen LogP contribution in [0.4, 0.5) is 15.8 Å². The molecule has 0 spiro atoms. The highest BCUT2D eigenvalue weighted by Crippen LogP contribution is 2.47. The van der Waals surface area contributed by atoms with Crippen molar-refractivity contribution < 1.29 is 18.8 Å². The average molecular weight is 402 g/mol. The average Bonchev–Trinajstić information content (AvgIpc) is 3.26. The second kappa shape index (κ2) is 7.07. The molecule has 0 unspecified atom stereocenters. The van der Waals surface area contributed by atoms with Gasteiger partial charge in [0.1, 0.15) is 11.7 Å². The number of aryl methyl sites for hydroxylation is 1. The van der Waals surface area contributed by atoms with E-state index in [0.717, 1.165) is 11.3 Å². The zero-order chi connectivity index (χ0) is 20.8. The van der Waals surface area contributed by atoms with Crippen molar-refractivity contribution in [3.8, 4) is 0 Å². The van der Waals surface area contributed by atoms with Crippen LogP contribution in [-0.2, 0) is 14.4 Å². The topological polar surface area (TPSA) is 49.9 Å². The molecular weight excluding hydrogens is 383 g/mol. The first kappa shape index (κ1) is 18.5. The number of para-hydroxylation sites is 2. The highest BCUT2D eigenvalue weighted by atomic mass is 19.1. The summed E-state index contributed by atoms with van der Waals surface area (Å²) in [4.78, 5) is 34.0. The third-order valence-electron chi connectivity index (χ3n) is 5.69. The maximum Gasteiger partial charge on any atom is 0.266 e. The van der Waals surface area contributed by atoms with Crippen LogP contribution >= 0.6 is 0 Å². The van der Waals surface area contributed by atoms with Gasteiger partial charge < -0.3 is 0 Å². The molecule has 5 rings (SSSR count). The van der Waals surface area contributed by atoms with Crippen LogP contribution < -0.4 is 9.96 Å². The molecule has 3 atom stereocenters. The number of hydrogen-bond donors (Lipinski definition) is 0. The van der Waals surface area contributed by atoms with E-state index in [0.29, 0.717) is 11.3 Å². The van der Waals surface area contributed by atoms with Gasteiger partial charge in [-0.1, -0.05) is 48.5 Å². The van der Waals surface area contributed by atoms with E-state index >= 15 is 0 Å². The van der Waals surface area contributed by atoms with E-state index in [4.69, 9.17) is 4.84 Å². The summed E-state index contributed by atoms with van der Waals surface area (Å²) < 4.78 is 13.6. The summed E-state index contributed by atoms with van der Waals surface area (Å²) in [6.07, 6.45) is -0.938. The minimum Gasteiger partial charge on any atom is -0.273 e. The fraction of sp³-hybridized carbons (Fsp3) is 0.167. The number of imide groups is 1. The predicted molar refractivity (Wildman–Crippen MR) is 110 cm³/mol. The minimum absolute atomic E-state index is 0.313. The Bertz CT molecular complexity index is 1120. The van der Waals surface area contributed by atoms with E-state index in [9.17, 15) is 14.0 Å². The monoisotopic (exact) mass is 402 g/mol. The molecule has 2 aliphatic heterocycles. The lowest BCUT2D eigenvalue weighted by atomic mass is 9.90. The van der Waals surface area contributed by atoms with Gasteiger partial charge in [-0.25, -0.2) is 14.4 Å². The molecule has 0 aliphatic carbocycles. The molecule has 30 heavy (non-hydrogen) atoms. The van der Waals surface area contributed by atoms with Crippen molar-refractivity contribution in [1.29, 1.82) is 0 Å². The molecule has 2 heterocycles. The smallest absolute Gasteiger partial charge is 0.266 e. The summed E-state index contributed by atoms with van der Waals surface area (Å²) in [5.41, 5.74) is 2.83. The molecule has 2 aliphatic rings. The van der Waals surface area contributed by atoms with E-state index in [2.05, 4.69) is 0 Å². The molecule has 0 N–H and O–H groups in total. The van der Waals surface area contributed by atoms with Gasteiger partial charge in [-0.05, 0) is 48.4 Å². The molecule has 3 aromatic rings. The second-order valence-corrected chi connectivity index (χ2v) is 7.51. The third-order valence-corrected chi connectivity index (χ3v) is 5.69. The SMILES string of the molecule is Cc1ccccc1N1C(=O)[C@H]2[C@@H](ON(c3ccccc3)[C@H]2c2ccc(F)cc2)C1=O. The number of benzene rings is 3. The Labute approximate surface area is 173 Å². The summed E-state index contributed by atoms with van der Waals surface area (Å²) in [5, 5.41) is 1.60. The lowest BCUT2D eigenvalue weighted by Gasteiger charge is -2.29. The van der Waals surface area contributed by atoms with E-state index < -0.39 is 18.1 Å². The Kier molecular flexibility index (Phi) is 4.37. The van der Waals surface area contributed by atoms with Crippen molar-refractivity contribution in [3.05, 3.63) is 95.8 Å². The molecular formula is C24H19FN2O3. The maximum atomic E-state index is 13.6. The lowest BCUT2D eigenvalue weighted by Crippen LogP contribution is -2.37. The number of halogens is 1. The van der Waals surface area contributed by atoms with Gasteiger partial charge >= 0.3 is 0 Å². The Morgan fingerprint density at radius 2 is 1.50 bits per heavy atom. The fourth-order valence-electron chi connectivity index (χ4n) is 4.26. The Morgan fingerprint density at radius 3 is 2.20 bits per heavy atom. The van der Waals surface area contributed by atoms with Crippen LogP contribution in [0.1, 0.15) is 17.2 Å². The van der Waals surface area contributed by atoms with E-state index in [1.807, 2.05) is 49.4 Å².